The summed E-state index contributed by atoms with van der Waals surface area (Å²) in [6, 6.07) is 17.7. The number of hydrogen-bond acceptors (Lipinski definition) is 3. The monoisotopic (exact) mass is 753 g/mol. The number of aromatic nitrogens is 4. The van der Waals surface area contributed by atoms with Gasteiger partial charge in [-0.2, -0.15) is 5.10 Å². The van der Waals surface area contributed by atoms with Gasteiger partial charge in [-0.25, -0.2) is 0 Å². The van der Waals surface area contributed by atoms with Crippen molar-refractivity contribution in [3.63, 3.8) is 0 Å². The first kappa shape index (κ1) is 49.7. The van der Waals surface area contributed by atoms with Gasteiger partial charge in [-0.1, -0.05) is 176 Å². The summed E-state index contributed by atoms with van der Waals surface area (Å²) in [6.07, 6.45) is 8.02. The number of rotatable bonds is 0. The van der Waals surface area contributed by atoms with Crippen LogP contribution in [0.3, 0.4) is 0 Å². The predicted octanol–water partition coefficient (Wildman–Crippen LogP) is 14.6. The summed E-state index contributed by atoms with van der Waals surface area (Å²) >= 11 is 0. The second-order valence-electron chi connectivity index (χ2n) is 23.5. The van der Waals surface area contributed by atoms with Crippen LogP contribution in [-0.2, 0) is 43.4 Å². The van der Waals surface area contributed by atoms with Crippen molar-refractivity contribution in [3.05, 3.63) is 113 Å². The lowest BCUT2D eigenvalue weighted by atomic mass is 9.82. The minimum atomic E-state index is 0.0868. The van der Waals surface area contributed by atoms with E-state index < -0.39 is 0 Å². The predicted molar refractivity (Wildman–Crippen MR) is 243 cm³/mol. The number of pyridine rings is 2. The zero-order valence-corrected chi connectivity index (χ0v) is 40.2. The van der Waals surface area contributed by atoms with Crippen LogP contribution in [0.1, 0.15) is 205 Å². The van der Waals surface area contributed by atoms with Crippen molar-refractivity contribution in [2.45, 2.75) is 210 Å². The molecule has 308 valence electrons. The fraction of sp³-hybridized carbons (Fsp3) is 0.627. The SMILES string of the molecule is CC(C)(C)c1ccc(C(C)(C)C)cc1.CC(C)(C)c1ccc(C(C)(C)C)nc1.CC(C)(C)c1ccnc(C(C)(C)C)c1.CC(C)(C)c1cnn(C(C)(C)C)c1. The standard InChI is InChI=1S/C14H22.2C13H21N.C11H20N2/c1-13(2,3)11-7-9-12(10-8-11)14(4,5)6;1-12(2,3)10-7-8-14-11(9-10)13(4,5)6;1-12(2,3)10-7-8-11(14-9-10)13(4,5)6;1-10(2,3)9-7-12-13(8-9)11(4,5)6/h7-10H,1-6H3;2*7-9H,1-6H3;7-8H,1-6H3. The van der Waals surface area contributed by atoms with Crippen LogP contribution in [0.4, 0.5) is 0 Å². The summed E-state index contributed by atoms with van der Waals surface area (Å²) in [7, 11) is 0. The van der Waals surface area contributed by atoms with E-state index in [-0.39, 0.29) is 43.4 Å². The van der Waals surface area contributed by atoms with Crippen LogP contribution < -0.4 is 0 Å². The van der Waals surface area contributed by atoms with E-state index in [2.05, 4.69) is 236 Å². The van der Waals surface area contributed by atoms with Crippen LogP contribution in [-0.4, -0.2) is 19.7 Å². The molecule has 0 radical (unpaired) electrons. The first-order valence-corrected chi connectivity index (χ1v) is 20.5. The van der Waals surface area contributed by atoms with Crippen molar-refractivity contribution in [2.24, 2.45) is 0 Å². The molecule has 0 saturated heterocycles. The molecule has 0 aliphatic rings. The fourth-order valence-electron chi connectivity index (χ4n) is 5.14. The maximum Gasteiger partial charge on any atom is 0.0543 e. The highest BCUT2D eigenvalue weighted by Crippen LogP contribution is 2.29. The van der Waals surface area contributed by atoms with Crippen LogP contribution in [0.15, 0.2) is 73.3 Å². The highest BCUT2D eigenvalue weighted by Gasteiger charge is 2.22. The minimum absolute atomic E-state index is 0.0868. The van der Waals surface area contributed by atoms with Crippen molar-refractivity contribution in [3.8, 4) is 0 Å². The summed E-state index contributed by atoms with van der Waals surface area (Å²) < 4.78 is 2.02. The van der Waals surface area contributed by atoms with E-state index in [9.17, 15) is 0 Å². The van der Waals surface area contributed by atoms with Gasteiger partial charge in [-0.3, -0.25) is 14.6 Å². The van der Waals surface area contributed by atoms with Crippen LogP contribution in [0.2, 0.25) is 0 Å². The van der Waals surface area contributed by atoms with Crippen molar-refractivity contribution < 1.29 is 0 Å². The summed E-state index contributed by atoms with van der Waals surface area (Å²) in [5, 5.41) is 4.37. The maximum atomic E-state index is 4.52. The van der Waals surface area contributed by atoms with Gasteiger partial charge in [0.05, 0.1) is 11.7 Å². The zero-order chi connectivity index (χ0) is 43.2. The average Bonchev–Trinajstić information content (AvgIpc) is 3.53. The Morgan fingerprint density at radius 1 is 0.345 bits per heavy atom. The van der Waals surface area contributed by atoms with Gasteiger partial charge in [0.1, 0.15) is 0 Å². The largest absolute Gasteiger partial charge is 0.267 e. The lowest BCUT2D eigenvalue weighted by Crippen LogP contribution is -2.22. The summed E-state index contributed by atoms with van der Waals surface area (Å²) in [5.74, 6) is 0. The third-order valence-corrected chi connectivity index (χ3v) is 9.55. The number of nitrogens with zero attached hydrogens (tertiary/aromatic N) is 4. The van der Waals surface area contributed by atoms with Gasteiger partial charge in [0.2, 0.25) is 0 Å². The van der Waals surface area contributed by atoms with Crippen LogP contribution in [0.25, 0.3) is 0 Å². The Labute approximate surface area is 340 Å². The van der Waals surface area contributed by atoms with Crippen molar-refractivity contribution in [1.29, 1.82) is 0 Å². The van der Waals surface area contributed by atoms with Crippen LogP contribution >= 0.6 is 0 Å². The van der Waals surface area contributed by atoms with E-state index in [4.69, 9.17) is 0 Å². The molecule has 0 spiro atoms. The van der Waals surface area contributed by atoms with Crippen LogP contribution in [0, 0.1) is 0 Å². The molecule has 4 aromatic rings. The molecule has 3 heterocycles. The van der Waals surface area contributed by atoms with Crippen LogP contribution in [0.5, 0.6) is 0 Å². The molecule has 3 aromatic heterocycles. The second kappa shape index (κ2) is 17.9. The van der Waals surface area contributed by atoms with Gasteiger partial charge in [-0.05, 0) is 93.9 Å². The topological polar surface area (TPSA) is 43.6 Å². The number of benzene rings is 1. The van der Waals surface area contributed by atoms with Gasteiger partial charge in [0, 0.05) is 40.8 Å². The summed E-state index contributed by atoms with van der Waals surface area (Å²) in [5.41, 5.74) is 10.6. The Balaban J connectivity index is 0.000000367. The average molecular weight is 753 g/mol. The van der Waals surface area contributed by atoms with Crippen molar-refractivity contribution in [1.82, 2.24) is 19.7 Å². The first-order chi connectivity index (χ1) is 24.3. The Bertz CT molecular complexity index is 1520. The van der Waals surface area contributed by atoms with E-state index in [1.165, 1.54) is 33.5 Å². The third kappa shape index (κ3) is 17.2. The lowest BCUT2D eigenvalue weighted by molar-refractivity contribution is 0.354. The highest BCUT2D eigenvalue weighted by molar-refractivity contribution is 5.31. The van der Waals surface area contributed by atoms with Gasteiger partial charge in [0.15, 0.2) is 0 Å². The number of hydrogen-bond donors (Lipinski definition) is 0. The fourth-order valence-corrected chi connectivity index (χ4v) is 5.14. The lowest BCUT2D eigenvalue weighted by Gasteiger charge is -2.23. The molecule has 0 saturated carbocycles. The minimum Gasteiger partial charge on any atom is -0.267 e. The molecule has 4 heteroatoms. The molecule has 4 nitrogen and oxygen atoms in total. The van der Waals surface area contributed by atoms with Gasteiger partial charge in [0.25, 0.3) is 0 Å². The maximum absolute atomic E-state index is 4.52. The van der Waals surface area contributed by atoms with E-state index in [1.807, 2.05) is 23.3 Å². The van der Waals surface area contributed by atoms with Gasteiger partial charge >= 0.3 is 0 Å². The quantitative estimate of drug-likeness (QED) is 0.180. The molecule has 0 N–H and O–H groups in total. The van der Waals surface area contributed by atoms with Crippen molar-refractivity contribution >= 4 is 0 Å². The summed E-state index contributed by atoms with van der Waals surface area (Å²) in [6.45, 7) is 53.1. The molecule has 0 aliphatic carbocycles. The summed E-state index contributed by atoms with van der Waals surface area (Å²) in [4.78, 5) is 8.94. The second-order valence-corrected chi connectivity index (χ2v) is 23.5. The molecule has 4 rings (SSSR count). The molecular formula is C51H84N4. The van der Waals surface area contributed by atoms with Gasteiger partial charge in [-0.15, -0.1) is 0 Å². The van der Waals surface area contributed by atoms with Crippen molar-refractivity contribution in [2.75, 3.05) is 0 Å². The van der Waals surface area contributed by atoms with E-state index >= 15 is 0 Å². The van der Waals surface area contributed by atoms with E-state index in [0.717, 1.165) is 5.69 Å². The zero-order valence-electron chi connectivity index (χ0n) is 40.2. The molecule has 0 fully saturated rings. The molecule has 0 bridgehead atoms. The Morgan fingerprint density at radius 3 is 1.00 bits per heavy atom. The highest BCUT2D eigenvalue weighted by atomic mass is 15.3. The molecule has 55 heavy (non-hydrogen) atoms. The third-order valence-electron chi connectivity index (χ3n) is 9.55. The smallest absolute Gasteiger partial charge is 0.0543 e. The normalized spacial score (nSPS) is 13.1. The molecule has 0 aliphatic heterocycles. The van der Waals surface area contributed by atoms with E-state index in [1.54, 1.807) is 0 Å². The Kier molecular flexibility index (Phi) is 16.2. The first-order valence-electron chi connectivity index (χ1n) is 20.5. The molecule has 0 unspecified atom stereocenters. The Morgan fingerprint density at radius 2 is 0.727 bits per heavy atom. The molecule has 0 atom stereocenters. The Hall–Kier alpha value is -3.27. The molecule has 0 amide bonds. The molecular weight excluding hydrogens is 669 g/mol. The molecule has 1 aromatic carbocycles. The van der Waals surface area contributed by atoms with Gasteiger partial charge < -0.3 is 0 Å². The van der Waals surface area contributed by atoms with E-state index in [0.29, 0.717) is 0 Å².